The summed E-state index contributed by atoms with van der Waals surface area (Å²) in [6.45, 7) is -0.166. The number of rotatable bonds is 8. The number of nitrogens with one attached hydrogen (secondary N) is 1. The summed E-state index contributed by atoms with van der Waals surface area (Å²) < 4.78 is 4.56. The number of benzene rings is 2. The van der Waals surface area contributed by atoms with Crippen LogP contribution in [0.25, 0.3) is 6.08 Å². The number of methoxy groups -OCH3 is 1. The van der Waals surface area contributed by atoms with Crippen molar-refractivity contribution < 1.29 is 28.8 Å². The van der Waals surface area contributed by atoms with E-state index in [0.717, 1.165) is 46.4 Å². The fourth-order valence-electron chi connectivity index (χ4n) is 3.01. The van der Waals surface area contributed by atoms with Crippen molar-refractivity contribution in [3.8, 4) is 0 Å². The van der Waals surface area contributed by atoms with Gasteiger partial charge in [-0.2, -0.15) is 0 Å². The van der Waals surface area contributed by atoms with Crippen LogP contribution in [0.4, 0.5) is 10.5 Å². The quantitative estimate of drug-likeness (QED) is 0.189. The molecule has 12 heteroatoms. The highest BCUT2D eigenvalue weighted by Crippen LogP contribution is 2.32. The smallest absolute Gasteiger partial charge is 0.338 e. The van der Waals surface area contributed by atoms with Crippen LogP contribution in [0, 0.1) is 10.1 Å². The minimum absolute atomic E-state index is 0.0805. The highest BCUT2D eigenvalue weighted by Gasteiger charge is 2.34. The van der Waals surface area contributed by atoms with Crippen LogP contribution in [0.5, 0.6) is 0 Å². The molecule has 0 bridgehead atoms. The third-order valence-electron chi connectivity index (χ3n) is 4.72. The van der Waals surface area contributed by atoms with E-state index in [1.54, 1.807) is 17.8 Å². The molecule has 1 saturated heterocycles. The molecule has 34 heavy (non-hydrogen) atoms. The Morgan fingerprint density at radius 3 is 2.47 bits per heavy atom. The number of carbonyl (C=O) groups is 4. The molecule has 0 saturated carbocycles. The van der Waals surface area contributed by atoms with Gasteiger partial charge in [0.15, 0.2) is 0 Å². The standard InChI is InChI=1S/C22H19N3O7S2/c1-32-21(28)15-10-14(11-16(12-15)25(30)31)19(26)23-7-8-24-20(27)18(34-22(24)29)9-13-3-5-17(33-2)6-4-13/h3-6,9-12H,7-8H2,1-2H3,(H,23,26). The Balaban J connectivity index is 1.65. The largest absolute Gasteiger partial charge is 0.465 e. The highest BCUT2D eigenvalue weighted by molar-refractivity contribution is 8.18. The Bertz CT molecular complexity index is 1200. The van der Waals surface area contributed by atoms with Crippen LogP contribution in [0.1, 0.15) is 26.3 Å². The van der Waals surface area contributed by atoms with Crippen LogP contribution >= 0.6 is 23.5 Å². The van der Waals surface area contributed by atoms with Gasteiger partial charge in [0.2, 0.25) is 0 Å². The van der Waals surface area contributed by atoms with Crippen molar-refractivity contribution in [2.24, 2.45) is 0 Å². The Morgan fingerprint density at radius 2 is 1.85 bits per heavy atom. The van der Waals surface area contributed by atoms with Crippen LogP contribution in [0.15, 0.2) is 52.3 Å². The molecule has 0 unspecified atom stereocenters. The third-order valence-corrected chi connectivity index (χ3v) is 6.37. The number of nitrogens with zero attached hydrogens (tertiary/aromatic N) is 2. The summed E-state index contributed by atoms with van der Waals surface area (Å²) in [7, 11) is 1.12. The van der Waals surface area contributed by atoms with Gasteiger partial charge in [0, 0.05) is 35.7 Å². The number of thioether (sulfide) groups is 2. The normalized spacial score (nSPS) is 14.4. The number of ether oxygens (including phenoxy) is 1. The van der Waals surface area contributed by atoms with Crippen molar-refractivity contribution in [2.75, 3.05) is 26.5 Å². The number of esters is 1. The maximum absolute atomic E-state index is 12.6. The van der Waals surface area contributed by atoms with E-state index < -0.39 is 33.6 Å². The van der Waals surface area contributed by atoms with E-state index in [4.69, 9.17) is 0 Å². The number of nitro benzene ring substituents is 1. The molecule has 0 aromatic heterocycles. The summed E-state index contributed by atoms with van der Waals surface area (Å²) in [6.07, 6.45) is 3.58. The molecule has 0 spiro atoms. The maximum atomic E-state index is 12.6. The van der Waals surface area contributed by atoms with Gasteiger partial charge in [-0.3, -0.25) is 29.4 Å². The van der Waals surface area contributed by atoms with Gasteiger partial charge in [-0.15, -0.1) is 11.8 Å². The van der Waals surface area contributed by atoms with Gasteiger partial charge < -0.3 is 10.1 Å². The molecule has 1 heterocycles. The van der Waals surface area contributed by atoms with Gasteiger partial charge in [0.1, 0.15) is 0 Å². The van der Waals surface area contributed by atoms with Crippen LogP contribution in [0.3, 0.4) is 0 Å². The molecule has 0 aliphatic carbocycles. The number of hydrogen-bond acceptors (Lipinski definition) is 9. The first-order valence-corrected chi connectivity index (χ1v) is 11.8. The lowest BCUT2D eigenvalue weighted by molar-refractivity contribution is -0.384. The lowest BCUT2D eigenvalue weighted by Gasteiger charge is -2.13. The number of hydrogen-bond donors (Lipinski definition) is 1. The summed E-state index contributed by atoms with van der Waals surface area (Å²) in [5.41, 5.74) is 0.0548. The summed E-state index contributed by atoms with van der Waals surface area (Å²) in [5, 5.41) is 13.2. The van der Waals surface area contributed by atoms with Gasteiger partial charge in [-0.1, -0.05) is 12.1 Å². The first kappa shape index (κ1) is 25.0. The van der Waals surface area contributed by atoms with Crippen LogP contribution in [0.2, 0.25) is 0 Å². The number of nitro groups is 1. The number of non-ortho nitro benzene ring substituents is 1. The molecule has 1 aliphatic heterocycles. The molecular formula is C22H19N3O7S2. The molecule has 1 N–H and O–H groups in total. The van der Waals surface area contributed by atoms with Crippen molar-refractivity contribution in [3.05, 3.63) is 74.2 Å². The summed E-state index contributed by atoms with van der Waals surface area (Å²) in [4.78, 5) is 61.9. The van der Waals surface area contributed by atoms with Gasteiger partial charge in [0.05, 0.1) is 22.5 Å². The Hall–Kier alpha value is -3.64. The topological polar surface area (TPSA) is 136 Å². The highest BCUT2D eigenvalue weighted by atomic mass is 32.2. The lowest BCUT2D eigenvalue weighted by atomic mass is 10.1. The van der Waals surface area contributed by atoms with E-state index in [1.165, 1.54) is 6.07 Å². The van der Waals surface area contributed by atoms with E-state index in [9.17, 15) is 29.3 Å². The molecular weight excluding hydrogens is 482 g/mol. The van der Waals surface area contributed by atoms with Gasteiger partial charge in [0.25, 0.3) is 22.7 Å². The maximum Gasteiger partial charge on any atom is 0.338 e. The van der Waals surface area contributed by atoms with Gasteiger partial charge in [-0.25, -0.2) is 4.79 Å². The monoisotopic (exact) mass is 501 g/mol. The van der Waals surface area contributed by atoms with Crippen molar-refractivity contribution in [3.63, 3.8) is 0 Å². The third kappa shape index (κ3) is 5.83. The molecule has 176 valence electrons. The summed E-state index contributed by atoms with van der Waals surface area (Å²) in [6, 6.07) is 10.7. The average Bonchev–Trinajstić information content (AvgIpc) is 3.10. The van der Waals surface area contributed by atoms with E-state index in [1.807, 2.05) is 30.5 Å². The minimum atomic E-state index is -0.828. The number of carbonyl (C=O) groups excluding carboxylic acids is 4. The molecule has 10 nitrogen and oxygen atoms in total. The molecule has 3 amide bonds. The second-order valence-electron chi connectivity index (χ2n) is 6.88. The summed E-state index contributed by atoms with van der Waals surface area (Å²) >= 11 is 2.40. The first-order valence-electron chi connectivity index (χ1n) is 9.79. The predicted molar refractivity (Wildman–Crippen MR) is 128 cm³/mol. The van der Waals surface area contributed by atoms with Crippen molar-refractivity contribution in [1.29, 1.82) is 0 Å². The summed E-state index contributed by atoms with van der Waals surface area (Å²) in [5.74, 6) is -2.00. The Labute approximate surface area is 202 Å². The van der Waals surface area contributed by atoms with Crippen molar-refractivity contribution in [1.82, 2.24) is 10.2 Å². The lowest BCUT2D eigenvalue weighted by Crippen LogP contribution is -2.37. The van der Waals surface area contributed by atoms with E-state index in [0.29, 0.717) is 0 Å². The van der Waals surface area contributed by atoms with E-state index in [2.05, 4.69) is 10.1 Å². The predicted octanol–water partition coefficient (Wildman–Crippen LogP) is 3.57. The number of imide groups is 1. The molecule has 2 aromatic carbocycles. The molecule has 1 fully saturated rings. The zero-order valence-electron chi connectivity index (χ0n) is 18.1. The SMILES string of the molecule is COC(=O)c1cc(C(=O)NCCN2C(=O)SC(=Cc3ccc(SC)cc3)C2=O)cc([N+](=O)[O-])c1. The van der Waals surface area contributed by atoms with E-state index in [-0.39, 0.29) is 29.1 Å². The number of amides is 3. The van der Waals surface area contributed by atoms with E-state index >= 15 is 0 Å². The van der Waals surface area contributed by atoms with Crippen molar-refractivity contribution in [2.45, 2.75) is 4.90 Å². The first-order chi connectivity index (χ1) is 16.2. The van der Waals surface area contributed by atoms with Gasteiger partial charge in [-0.05, 0) is 47.9 Å². The second-order valence-corrected chi connectivity index (χ2v) is 8.75. The fourth-order valence-corrected chi connectivity index (χ4v) is 4.28. The molecule has 2 aromatic rings. The zero-order chi connectivity index (χ0) is 24.8. The van der Waals surface area contributed by atoms with Crippen LogP contribution < -0.4 is 5.32 Å². The second kappa shape index (κ2) is 11.0. The minimum Gasteiger partial charge on any atom is -0.465 e. The Morgan fingerprint density at radius 1 is 1.18 bits per heavy atom. The zero-order valence-corrected chi connectivity index (χ0v) is 19.7. The van der Waals surface area contributed by atoms with Gasteiger partial charge >= 0.3 is 5.97 Å². The molecule has 1 aliphatic rings. The average molecular weight is 502 g/mol. The molecule has 3 rings (SSSR count). The molecule has 0 atom stereocenters. The van der Waals surface area contributed by atoms with Crippen LogP contribution in [-0.2, 0) is 9.53 Å². The molecule has 0 radical (unpaired) electrons. The fraction of sp³-hybridized carbons (Fsp3) is 0.182. The Kier molecular flexibility index (Phi) is 8.08. The van der Waals surface area contributed by atoms with Crippen molar-refractivity contribution >= 4 is 58.3 Å². The van der Waals surface area contributed by atoms with Crippen LogP contribution in [-0.4, -0.2) is 59.3 Å².